The molecule has 5 saturated heterocycles. The standard InChI is InChI=1S/C28H44N2O5/c1-18(2)5-10-23-27(3,35-23)25-24(32-4)22(11-13-28(25)17-33-28)34-26(31)29-15-19(16-29)12-14-30-20-6-7-21(30)9-8-20/h5,19-25H,6-17H2,1-4H3/t20?,21?,22-,23-,24-,25-,27+,28+/m1/s1. The Morgan fingerprint density at radius 1 is 1.11 bits per heavy atom. The van der Waals surface area contributed by atoms with Crippen molar-refractivity contribution in [2.24, 2.45) is 11.8 Å². The smallest absolute Gasteiger partial charge is 0.410 e. The quantitative estimate of drug-likeness (QED) is 0.378. The Morgan fingerprint density at radius 3 is 2.40 bits per heavy atom. The van der Waals surface area contributed by atoms with E-state index in [-0.39, 0.29) is 41.5 Å². The maximum atomic E-state index is 13.0. The molecule has 1 saturated carbocycles. The van der Waals surface area contributed by atoms with Crippen LogP contribution in [0.5, 0.6) is 0 Å². The van der Waals surface area contributed by atoms with Gasteiger partial charge in [0.1, 0.15) is 23.4 Å². The van der Waals surface area contributed by atoms with Crippen molar-refractivity contribution in [2.45, 2.75) is 114 Å². The lowest BCUT2D eigenvalue weighted by molar-refractivity contribution is -0.124. The summed E-state index contributed by atoms with van der Waals surface area (Å²) in [5.74, 6) is 0.680. The molecule has 1 aliphatic carbocycles. The second-order valence-corrected chi connectivity index (χ2v) is 12.6. The molecule has 0 unspecified atom stereocenters. The summed E-state index contributed by atoms with van der Waals surface area (Å²) in [4.78, 5) is 17.7. The molecule has 1 spiro atoms. The molecule has 7 nitrogen and oxygen atoms in total. The van der Waals surface area contributed by atoms with Gasteiger partial charge < -0.3 is 23.8 Å². The fraction of sp³-hybridized carbons (Fsp3) is 0.893. The number of rotatable bonds is 8. The molecule has 6 aliphatic rings. The molecule has 0 aromatic rings. The minimum atomic E-state index is -0.301. The van der Waals surface area contributed by atoms with Gasteiger partial charge in [0.2, 0.25) is 0 Å². The first-order valence-corrected chi connectivity index (χ1v) is 14.0. The molecular weight excluding hydrogens is 444 g/mol. The maximum absolute atomic E-state index is 13.0. The highest BCUT2D eigenvalue weighted by Crippen LogP contribution is 2.59. The molecular formula is C28H44N2O5. The van der Waals surface area contributed by atoms with Gasteiger partial charge in [0.05, 0.1) is 18.6 Å². The van der Waals surface area contributed by atoms with Crippen LogP contribution in [0.25, 0.3) is 0 Å². The fourth-order valence-corrected chi connectivity index (χ4v) is 7.89. The minimum Gasteiger partial charge on any atom is -0.443 e. The van der Waals surface area contributed by atoms with Gasteiger partial charge in [-0.05, 0) is 84.6 Å². The van der Waals surface area contributed by atoms with Gasteiger partial charge in [0, 0.05) is 32.3 Å². The molecule has 6 atom stereocenters. The van der Waals surface area contributed by atoms with Crippen molar-refractivity contribution in [3.8, 4) is 0 Å². The number of hydrogen-bond acceptors (Lipinski definition) is 6. The minimum absolute atomic E-state index is 0.0714. The zero-order chi connectivity index (χ0) is 24.4. The number of nitrogens with zero attached hydrogens (tertiary/aromatic N) is 2. The highest BCUT2D eigenvalue weighted by molar-refractivity contribution is 5.69. The van der Waals surface area contributed by atoms with Crippen LogP contribution < -0.4 is 0 Å². The van der Waals surface area contributed by atoms with E-state index < -0.39 is 0 Å². The van der Waals surface area contributed by atoms with Crippen LogP contribution in [-0.2, 0) is 18.9 Å². The summed E-state index contributed by atoms with van der Waals surface area (Å²) in [6.45, 7) is 10.0. The lowest BCUT2D eigenvalue weighted by Gasteiger charge is -2.44. The molecule has 0 radical (unpaired) electrons. The van der Waals surface area contributed by atoms with Gasteiger partial charge in [0.25, 0.3) is 0 Å². The van der Waals surface area contributed by atoms with Crippen molar-refractivity contribution < 1.29 is 23.7 Å². The molecule has 0 aromatic carbocycles. The number of likely N-dealkylation sites (tertiary alicyclic amines) is 1. The molecule has 2 bridgehead atoms. The lowest BCUT2D eigenvalue weighted by atomic mass is 9.68. The molecule has 196 valence electrons. The Labute approximate surface area is 210 Å². The third-order valence-corrected chi connectivity index (χ3v) is 10.1. The third kappa shape index (κ3) is 4.34. The van der Waals surface area contributed by atoms with Gasteiger partial charge in [-0.15, -0.1) is 0 Å². The van der Waals surface area contributed by atoms with E-state index in [4.69, 9.17) is 18.9 Å². The van der Waals surface area contributed by atoms with E-state index in [0.29, 0.717) is 5.92 Å². The normalized spacial score (nSPS) is 44.4. The van der Waals surface area contributed by atoms with Gasteiger partial charge in [-0.3, -0.25) is 4.90 Å². The molecule has 5 heterocycles. The second-order valence-electron chi connectivity index (χ2n) is 12.6. The van der Waals surface area contributed by atoms with Crippen LogP contribution in [0.3, 0.4) is 0 Å². The predicted molar refractivity (Wildman–Crippen MR) is 132 cm³/mol. The van der Waals surface area contributed by atoms with Crippen LogP contribution in [0.2, 0.25) is 0 Å². The summed E-state index contributed by atoms with van der Waals surface area (Å²) in [5, 5.41) is 0. The van der Waals surface area contributed by atoms with Crippen molar-refractivity contribution in [3.05, 3.63) is 11.6 Å². The van der Waals surface area contributed by atoms with Crippen molar-refractivity contribution in [1.82, 2.24) is 9.80 Å². The molecule has 7 heteroatoms. The van der Waals surface area contributed by atoms with Crippen LogP contribution in [0.1, 0.15) is 72.1 Å². The summed E-state index contributed by atoms with van der Waals surface area (Å²) >= 11 is 0. The number of fused-ring (bicyclic) bond motifs is 2. The average Bonchev–Trinajstić information content (AvgIpc) is 3.64. The monoisotopic (exact) mass is 488 g/mol. The number of ether oxygens (including phenoxy) is 4. The Morgan fingerprint density at radius 2 is 1.80 bits per heavy atom. The topological polar surface area (TPSA) is 67.1 Å². The van der Waals surface area contributed by atoms with Gasteiger partial charge in [-0.25, -0.2) is 4.79 Å². The van der Waals surface area contributed by atoms with Gasteiger partial charge in [-0.1, -0.05) is 11.6 Å². The number of carbonyl (C=O) groups excluding carboxylic acids is 1. The van der Waals surface area contributed by atoms with Crippen LogP contribution in [0.4, 0.5) is 4.79 Å². The van der Waals surface area contributed by atoms with Crippen molar-refractivity contribution in [2.75, 3.05) is 33.4 Å². The first-order chi connectivity index (χ1) is 16.8. The summed E-state index contributed by atoms with van der Waals surface area (Å²) in [7, 11) is 1.74. The Kier molecular flexibility index (Phi) is 6.22. The molecule has 5 aliphatic heterocycles. The van der Waals surface area contributed by atoms with Crippen molar-refractivity contribution in [3.63, 3.8) is 0 Å². The highest BCUT2D eigenvalue weighted by Gasteiger charge is 2.72. The predicted octanol–water partition coefficient (Wildman–Crippen LogP) is 4.15. The van der Waals surface area contributed by atoms with Crippen LogP contribution in [0, 0.1) is 11.8 Å². The second kappa shape index (κ2) is 9.00. The van der Waals surface area contributed by atoms with E-state index in [1.165, 1.54) is 44.2 Å². The number of epoxide rings is 2. The van der Waals surface area contributed by atoms with Crippen LogP contribution in [0.15, 0.2) is 11.6 Å². The van der Waals surface area contributed by atoms with E-state index in [1.807, 2.05) is 4.90 Å². The molecule has 0 aromatic heterocycles. The van der Waals surface area contributed by atoms with E-state index in [2.05, 4.69) is 31.7 Å². The number of hydrogen-bond donors (Lipinski definition) is 0. The summed E-state index contributed by atoms with van der Waals surface area (Å²) in [6, 6.07) is 1.67. The maximum Gasteiger partial charge on any atom is 0.410 e. The van der Waals surface area contributed by atoms with E-state index >= 15 is 0 Å². The van der Waals surface area contributed by atoms with Crippen molar-refractivity contribution >= 4 is 6.09 Å². The average molecular weight is 489 g/mol. The van der Waals surface area contributed by atoms with Crippen molar-refractivity contribution in [1.29, 1.82) is 0 Å². The van der Waals surface area contributed by atoms with Crippen LogP contribution >= 0.6 is 0 Å². The molecule has 35 heavy (non-hydrogen) atoms. The number of amides is 1. The third-order valence-electron chi connectivity index (χ3n) is 10.1. The summed E-state index contributed by atoms with van der Waals surface area (Å²) in [6.07, 6.45) is 11.1. The van der Waals surface area contributed by atoms with Gasteiger partial charge >= 0.3 is 6.09 Å². The number of carbonyl (C=O) groups is 1. The summed E-state index contributed by atoms with van der Waals surface area (Å²) < 4.78 is 24.4. The first-order valence-electron chi connectivity index (χ1n) is 14.0. The first kappa shape index (κ1) is 24.2. The Bertz CT molecular complexity index is 828. The number of allylic oxidation sites excluding steroid dienone is 1. The van der Waals surface area contributed by atoms with E-state index in [1.54, 1.807) is 7.11 Å². The molecule has 0 N–H and O–H groups in total. The zero-order valence-electron chi connectivity index (χ0n) is 22.0. The molecule has 6 fully saturated rings. The highest BCUT2D eigenvalue weighted by atomic mass is 16.6. The SMILES string of the molecule is CO[C@@H]1[C@H](OC(=O)N2CC(CCN3C4CCC3CC4)C2)CC[C@]2(CO2)[C@H]1[C@@]1(C)O[C@@H]1CC=C(C)C. The zero-order valence-corrected chi connectivity index (χ0v) is 22.0. The Balaban J connectivity index is 1.02. The molecule has 6 rings (SSSR count). The number of methoxy groups -OCH3 is 1. The Hall–Kier alpha value is -1.15. The van der Waals surface area contributed by atoms with Gasteiger partial charge in [-0.2, -0.15) is 0 Å². The fourth-order valence-electron chi connectivity index (χ4n) is 7.89. The van der Waals surface area contributed by atoms with Crippen LogP contribution in [-0.4, -0.2) is 90.8 Å². The van der Waals surface area contributed by atoms with E-state index in [9.17, 15) is 4.79 Å². The molecule has 1 amide bonds. The van der Waals surface area contributed by atoms with E-state index in [0.717, 1.165) is 51.0 Å². The van der Waals surface area contributed by atoms with Gasteiger partial charge in [0.15, 0.2) is 0 Å². The summed E-state index contributed by atoms with van der Waals surface area (Å²) in [5.41, 5.74) is 0.819. The largest absolute Gasteiger partial charge is 0.443 e. The lowest BCUT2D eigenvalue weighted by Crippen LogP contribution is -2.57.